The molecule has 1 heterocycles. The SMILES string of the molecule is CCC[C@H]1C(CCCN(C)CCC(O)(C(C)C)[C@H]2CC[C@@H](Cl)CC2)[C@H]2C[C@@H](OCC(O)O)CCC2OC[C@H]1N. The Hall–Kier alpha value is 0.01000. The Morgan fingerprint density at radius 3 is 2.41 bits per heavy atom. The van der Waals surface area contributed by atoms with Gasteiger partial charge in [0, 0.05) is 18.0 Å². The molecular weight excluding hydrogens is 516 g/mol. The Kier molecular flexibility index (Phi) is 13.8. The first-order valence-corrected chi connectivity index (χ1v) is 16.4. The number of aliphatic hydroxyl groups excluding tert-OH is 1. The van der Waals surface area contributed by atoms with E-state index in [1.165, 1.54) is 0 Å². The summed E-state index contributed by atoms with van der Waals surface area (Å²) in [4.78, 5) is 2.40. The highest BCUT2D eigenvalue weighted by molar-refractivity contribution is 6.20. The summed E-state index contributed by atoms with van der Waals surface area (Å²) in [6.45, 7) is 9.06. The zero-order chi connectivity index (χ0) is 28.6. The van der Waals surface area contributed by atoms with E-state index in [9.17, 15) is 15.3 Å². The molecule has 39 heavy (non-hydrogen) atoms. The number of ether oxygens (including phenoxy) is 2. The molecule has 1 saturated heterocycles. The van der Waals surface area contributed by atoms with Crippen molar-refractivity contribution >= 4 is 11.6 Å². The molecule has 8 heteroatoms. The molecule has 0 bridgehead atoms. The molecule has 5 N–H and O–H groups in total. The number of nitrogens with zero attached hydrogens (tertiary/aromatic N) is 1. The number of halogens is 1. The molecule has 0 aromatic heterocycles. The van der Waals surface area contributed by atoms with Crippen LogP contribution in [0.2, 0.25) is 0 Å². The molecule has 0 radical (unpaired) electrons. The van der Waals surface area contributed by atoms with Gasteiger partial charge in [0.25, 0.3) is 0 Å². The lowest BCUT2D eigenvalue weighted by molar-refractivity contribution is -0.133. The molecule has 7 atom stereocenters. The molecule has 0 amide bonds. The van der Waals surface area contributed by atoms with Crippen LogP contribution in [0.1, 0.15) is 97.8 Å². The first kappa shape index (κ1) is 33.5. The van der Waals surface area contributed by atoms with Crippen molar-refractivity contribution in [2.45, 2.75) is 133 Å². The third-order valence-corrected chi connectivity index (χ3v) is 10.8. The van der Waals surface area contributed by atoms with Gasteiger partial charge in [-0.2, -0.15) is 0 Å². The quantitative estimate of drug-likeness (QED) is 0.178. The van der Waals surface area contributed by atoms with Crippen molar-refractivity contribution in [2.75, 3.05) is 33.4 Å². The summed E-state index contributed by atoms with van der Waals surface area (Å²) in [6.07, 6.45) is 10.9. The molecule has 0 aromatic rings. The number of aliphatic hydroxyl groups is 3. The van der Waals surface area contributed by atoms with E-state index in [1.54, 1.807) is 0 Å². The molecule has 3 aliphatic rings. The van der Waals surface area contributed by atoms with Gasteiger partial charge in [0.2, 0.25) is 0 Å². The molecule has 3 rings (SSSR count). The summed E-state index contributed by atoms with van der Waals surface area (Å²) in [7, 11) is 2.19. The standard InChI is InChI=1S/C31H59ClN2O5/c1-5-7-26-25(27-18-24(38-20-30(35)36)13-14-29(27)39-19-28(26)33)8-6-16-34(4)17-15-31(37,21(2)3)22-9-11-23(32)12-10-22/h21-30,35-37H,5-20,33H2,1-4H3/t22-,23+,24-,25?,26-,27+,28+,29?,31?/m0/s1. The molecule has 3 unspecified atom stereocenters. The van der Waals surface area contributed by atoms with Crippen LogP contribution in [-0.4, -0.2) is 89.1 Å². The van der Waals surface area contributed by atoms with Crippen LogP contribution >= 0.6 is 11.6 Å². The fourth-order valence-corrected chi connectivity index (χ4v) is 8.20. The monoisotopic (exact) mass is 574 g/mol. The third-order valence-electron chi connectivity index (χ3n) is 10.4. The minimum absolute atomic E-state index is 0.0354. The predicted octanol–water partition coefficient (Wildman–Crippen LogP) is 4.53. The predicted molar refractivity (Wildman–Crippen MR) is 158 cm³/mol. The van der Waals surface area contributed by atoms with Gasteiger partial charge in [-0.25, -0.2) is 0 Å². The van der Waals surface area contributed by atoms with E-state index < -0.39 is 11.9 Å². The van der Waals surface area contributed by atoms with E-state index in [4.69, 9.17) is 26.8 Å². The van der Waals surface area contributed by atoms with Crippen molar-refractivity contribution in [1.29, 1.82) is 0 Å². The summed E-state index contributed by atoms with van der Waals surface area (Å²) in [5.41, 5.74) is 6.08. The molecule has 1 aliphatic heterocycles. The van der Waals surface area contributed by atoms with Crippen molar-refractivity contribution in [3.8, 4) is 0 Å². The number of alkyl halides is 1. The number of fused-ring (bicyclic) bond motifs is 1. The molecule has 0 aromatic carbocycles. The van der Waals surface area contributed by atoms with Crippen LogP contribution in [0.3, 0.4) is 0 Å². The number of hydrogen-bond donors (Lipinski definition) is 4. The van der Waals surface area contributed by atoms with Gasteiger partial charge in [-0.3, -0.25) is 0 Å². The van der Waals surface area contributed by atoms with Crippen LogP contribution in [-0.2, 0) is 9.47 Å². The second-order valence-electron chi connectivity index (χ2n) is 13.4. The van der Waals surface area contributed by atoms with Crippen LogP contribution in [0, 0.1) is 29.6 Å². The van der Waals surface area contributed by atoms with E-state index in [2.05, 4.69) is 32.7 Å². The van der Waals surface area contributed by atoms with Gasteiger partial charge in [0.15, 0.2) is 6.29 Å². The second kappa shape index (κ2) is 16.0. The molecular formula is C31H59ClN2O5. The Morgan fingerprint density at radius 1 is 1.05 bits per heavy atom. The van der Waals surface area contributed by atoms with Gasteiger partial charge in [-0.1, -0.05) is 27.2 Å². The van der Waals surface area contributed by atoms with Gasteiger partial charge in [0.1, 0.15) is 0 Å². The highest BCUT2D eigenvalue weighted by Crippen LogP contribution is 2.44. The highest BCUT2D eigenvalue weighted by Gasteiger charge is 2.44. The van der Waals surface area contributed by atoms with E-state index in [1.807, 2.05) is 0 Å². The van der Waals surface area contributed by atoms with Crippen LogP contribution in [0.4, 0.5) is 0 Å². The maximum atomic E-state index is 11.7. The van der Waals surface area contributed by atoms with Gasteiger partial charge < -0.3 is 35.4 Å². The number of nitrogens with two attached hydrogens (primary N) is 1. The number of rotatable bonds is 14. The lowest BCUT2D eigenvalue weighted by Crippen LogP contribution is -2.47. The van der Waals surface area contributed by atoms with E-state index in [-0.39, 0.29) is 36.2 Å². The Bertz CT molecular complexity index is 692. The van der Waals surface area contributed by atoms with Crippen LogP contribution < -0.4 is 5.73 Å². The lowest BCUT2D eigenvalue weighted by Gasteiger charge is -2.43. The first-order valence-electron chi connectivity index (χ1n) is 15.9. The van der Waals surface area contributed by atoms with Gasteiger partial charge in [0.05, 0.1) is 31.0 Å². The average Bonchev–Trinajstić information content (AvgIpc) is 3.03. The molecule has 2 saturated carbocycles. The van der Waals surface area contributed by atoms with Crippen molar-refractivity contribution in [3.05, 3.63) is 0 Å². The van der Waals surface area contributed by atoms with E-state index in [0.717, 1.165) is 90.1 Å². The molecule has 2 aliphatic carbocycles. The highest BCUT2D eigenvalue weighted by atomic mass is 35.5. The fourth-order valence-electron chi connectivity index (χ4n) is 7.95. The van der Waals surface area contributed by atoms with Crippen LogP contribution in [0.5, 0.6) is 0 Å². The van der Waals surface area contributed by atoms with Crippen LogP contribution in [0.15, 0.2) is 0 Å². The van der Waals surface area contributed by atoms with Crippen molar-refractivity contribution in [2.24, 2.45) is 35.3 Å². The minimum Gasteiger partial charge on any atom is -0.389 e. The summed E-state index contributed by atoms with van der Waals surface area (Å²) in [5.74, 6) is 1.87. The third kappa shape index (κ3) is 9.51. The topological polar surface area (TPSA) is 108 Å². The molecule has 3 fully saturated rings. The maximum absolute atomic E-state index is 11.7. The molecule has 0 spiro atoms. The molecule has 230 valence electrons. The Morgan fingerprint density at radius 2 is 1.77 bits per heavy atom. The van der Waals surface area contributed by atoms with Crippen molar-refractivity contribution in [1.82, 2.24) is 4.90 Å². The fraction of sp³-hybridized carbons (Fsp3) is 1.00. The summed E-state index contributed by atoms with van der Waals surface area (Å²) in [6, 6.07) is 0.0565. The maximum Gasteiger partial charge on any atom is 0.175 e. The van der Waals surface area contributed by atoms with Crippen molar-refractivity contribution < 1.29 is 24.8 Å². The zero-order valence-electron chi connectivity index (χ0n) is 25.1. The molecule has 7 nitrogen and oxygen atoms in total. The minimum atomic E-state index is -1.43. The smallest absolute Gasteiger partial charge is 0.175 e. The Balaban J connectivity index is 1.58. The zero-order valence-corrected chi connectivity index (χ0v) is 25.9. The lowest BCUT2D eigenvalue weighted by atomic mass is 9.68. The number of hydrogen-bond acceptors (Lipinski definition) is 7. The summed E-state index contributed by atoms with van der Waals surface area (Å²) >= 11 is 6.36. The first-order chi connectivity index (χ1) is 18.5. The summed E-state index contributed by atoms with van der Waals surface area (Å²) in [5, 5.41) is 30.6. The average molecular weight is 575 g/mol. The van der Waals surface area contributed by atoms with E-state index in [0.29, 0.717) is 30.3 Å². The van der Waals surface area contributed by atoms with Gasteiger partial charge in [-0.05, 0) is 114 Å². The largest absolute Gasteiger partial charge is 0.389 e. The Labute approximate surface area is 243 Å². The van der Waals surface area contributed by atoms with Crippen LogP contribution in [0.25, 0.3) is 0 Å². The van der Waals surface area contributed by atoms with E-state index >= 15 is 0 Å². The summed E-state index contributed by atoms with van der Waals surface area (Å²) < 4.78 is 12.2. The van der Waals surface area contributed by atoms with Crippen molar-refractivity contribution in [3.63, 3.8) is 0 Å². The van der Waals surface area contributed by atoms with Gasteiger partial charge in [-0.15, -0.1) is 11.6 Å². The second-order valence-corrected chi connectivity index (χ2v) is 14.0. The van der Waals surface area contributed by atoms with Gasteiger partial charge >= 0.3 is 0 Å². The normalized spacial score (nSPS) is 35.7.